The average molecular weight is 429 g/mol. The Kier molecular flexibility index (Phi) is 6.56. The summed E-state index contributed by atoms with van der Waals surface area (Å²) in [6.07, 6.45) is 0.0414. The van der Waals surface area contributed by atoms with Gasteiger partial charge in [0.2, 0.25) is 0 Å². The second-order valence-corrected chi connectivity index (χ2v) is 6.88. The minimum absolute atomic E-state index is 0.0414. The lowest BCUT2D eigenvalue weighted by Gasteiger charge is -2.16. The molecule has 5 nitrogen and oxygen atoms in total. The predicted molar refractivity (Wildman–Crippen MR) is 102 cm³/mol. The Labute approximate surface area is 160 Å². The Bertz CT molecular complexity index is 780. The number of ether oxygens (including phenoxy) is 2. The smallest absolute Gasteiger partial charge is 0.337 e. The van der Waals surface area contributed by atoms with Crippen LogP contribution in [0.1, 0.15) is 29.8 Å². The molecule has 0 unspecified atom stereocenters. The summed E-state index contributed by atoms with van der Waals surface area (Å²) in [5.74, 6) is 0.264. The van der Waals surface area contributed by atoms with E-state index in [-0.39, 0.29) is 16.7 Å². The Hall–Kier alpha value is -1.92. The molecule has 0 saturated carbocycles. The van der Waals surface area contributed by atoms with Gasteiger partial charge < -0.3 is 19.9 Å². The van der Waals surface area contributed by atoms with Gasteiger partial charge in [-0.2, -0.15) is 0 Å². The lowest BCUT2D eigenvalue weighted by atomic mass is 10.1. The van der Waals surface area contributed by atoms with Crippen LogP contribution in [0.4, 0.5) is 5.69 Å². The van der Waals surface area contributed by atoms with E-state index in [1.165, 1.54) is 6.07 Å². The highest BCUT2D eigenvalue weighted by Crippen LogP contribution is 2.34. The molecule has 0 saturated heterocycles. The number of hydrogen-bond acceptors (Lipinski definition) is 4. The van der Waals surface area contributed by atoms with Crippen LogP contribution in [0.15, 0.2) is 34.8 Å². The van der Waals surface area contributed by atoms with Crippen molar-refractivity contribution in [1.82, 2.24) is 0 Å². The number of methoxy groups -OCH3 is 1. The van der Waals surface area contributed by atoms with Crippen molar-refractivity contribution in [2.75, 3.05) is 12.4 Å². The summed E-state index contributed by atoms with van der Waals surface area (Å²) in [5, 5.41) is 12.4. The van der Waals surface area contributed by atoms with Gasteiger partial charge in [-0.3, -0.25) is 0 Å². The summed E-state index contributed by atoms with van der Waals surface area (Å²) in [7, 11) is 1.60. The maximum Gasteiger partial charge on any atom is 0.337 e. The number of carboxylic acid groups (broad SMARTS) is 1. The van der Waals surface area contributed by atoms with Crippen molar-refractivity contribution in [2.45, 2.75) is 26.5 Å². The number of hydrogen-bond donors (Lipinski definition) is 2. The molecule has 0 aliphatic rings. The van der Waals surface area contributed by atoms with Crippen LogP contribution in [-0.4, -0.2) is 24.3 Å². The quantitative estimate of drug-likeness (QED) is 0.634. The van der Waals surface area contributed by atoms with E-state index < -0.39 is 5.97 Å². The zero-order valence-electron chi connectivity index (χ0n) is 14.1. The zero-order chi connectivity index (χ0) is 18.6. The molecule has 2 aromatic carbocycles. The minimum atomic E-state index is -1.05. The van der Waals surface area contributed by atoms with E-state index in [0.29, 0.717) is 18.0 Å². The molecule has 0 heterocycles. The average Bonchev–Trinajstić information content (AvgIpc) is 2.53. The van der Waals surface area contributed by atoms with E-state index in [1.807, 2.05) is 26.0 Å². The molecule has 0 radical (unpaired) electrons. The maximum absolute atomic E-state index is 11.0. The summed E-state index contributed by atoms with van der Waals surface area (Å²) >= 11 is 9.53. The third-order valence-electron chi connectivity index (χ3n) is 3.38. The fraction of sp³-hybridized carbons (Fsp3) is 0.278. The van der Waals surface area contributed by atoms with E-state index in [1.54, 1.807) is 19.2 Å². The van der Waals surface area contributed by atoms with Crippen molar-refractivity contribution in [1.29, 1.82) is 0 Å². The van der Waals surface area contributed by atoms with Crippen molar-refractivity contribution in [3.63, 3.8) is 0 Å². The van der Waals surface area contributed by atoms with Gasteiger partial charge in [-0.25, -0.2) is 4.79 Å². The van der Waals surface area contributed by atoms with Crippen molar-refractivity contribution in [3.05, 3.63) is 51.0 Å². The summed E-state index contributed by atoms with van der Waals surface area (Å²) < 4.78 is 12.0. The van der Waals surface area contributed by atoms with Gasteiger partial charge >= 0.3 is 5.97 Å². The van der Waals surface area contributed by atoms with Gasteiger partial charge in [0, 0.05) is 16.7 Å². The van der Waals surface area contributed by atoms with E-state index >= 15 is 0 Å². The van der Waals surface area contributed by atoms with Gasteiger partial charge in [-0.05, 0) is 49.7 Å². The van der Waals surface area contributed by atoms with Crippen molar-refractivity contribution in [2.24, 2.45) is 0 Å². The maximum atomic E-state index is 11.0. The second kappa shape index (κ2) is 8.45. The Morgan fingerprint density at radius 2 is 2.00 bits per heavy atom. The van der Waals surface area contributed by atoms with Gasteiger partial charge in [0.05, 0.1) is 23.8 Å². The number of halogens is 2. The number of nitrogens with one attached hydrogen (secondary N) is 1. The monoisotopic (exact) mass is 427 g/mol. The molecule has 7 heteroatoms. The number of aromatic carboxylic acids is 1. The SMILES string of the molecule is COc1cc(CNc2ccc(C(=O)O)c(Cl)c2)c(Br)cc1OC(C)C. The fourth-order valence-electron chi connectivity index (χ4n) is 2.21. The van der Waals surface area contributed by atoms with Crippen LogP contribution >= 0.6 is 27.5 Å². The third kappa shape index (κ3) is 5.03. The molecule has 0 bridgehead atoms. The van der Waals surface area contributed by atoms with Crippen LogP contribution in [0.5, 0.6) is 11.5 Å². The first-order valence-electron chi connectivity index (χ1n) is 7.61. The molecule has 0 aliphatic carbocycles. The van der Waals surface area contributed by atoms with Crippen molar-refractivity contribution in [3.8, 4) is 11.5 Å². The Morgan fingerprint density at radius 3 is 2.56 bits per heavy atom. The number of rotatable bonds is 7. The van der Waals surface area contributed by atoms with E-state index in [4.69, 9.17) is 26.2 Å². The molecule has 2 aromatic rings. The zero-order valence-corrected chi connectivity index (χ0v) is 16.4. The molecule has 2 N–H and O–H groups in total. The molecule has 25 heavy (non-hydrogen) atoms. The minimum Gasteiger partial charge on any atom is -0.493 e. The number of anilines is 1. The van der Waals surface area contributed by atoms with Gasteiger partial charge in [0.1, 0.15) is 0 Å². The molecule has 0 spiro atoms. The predicted octanol–water partition coefficient (Wildman–Crippen LogP) is 5.21. The highest BCUT2D eigenvalue weighted by Gasteiger charge is 2.12. The van der Waals surface area contributed by atoms with Gasteiger partial charge in [-0.1, -0.05) is 27.5 Å². The van der Waals surface area contributed by atoms with Crippen LogP contribution in [0.3, 0.4) is 0 Å². The highest BCUT2D eigenvalue weighted by atomic mass is 79.9. The standard InChI is InChI=1S/C18H19BrClNO4/c1-10(2)25-17-8-14(19)11(6-16(17)24-3)9-21-12-4-5-13(18(22)23)15(20)7-12/h4-8,10,21H,9H2,1-3H3,(H,22,23). The van der Waals surface area contributed by atoms with Gasteiger partial charge in [0.25, 0.3) is 0 Å². The number of benzene rings is 2. The van der Waals surface area contributed by atoms with E-state index in [0.717, 1.165) is 15.7 Å². The Balaban J connectivity index is 2.18. The van der Waals surface area contributed by atoms with Crippen LogP contribution in [-0.2, 0) is 6.54 Å². The largest absolute Gasteiger partial charge is 0.493 e. The second-order valence-electron chi connectivity index (χ2n) is 5.61. The number of carboxylic acids is 1. The van der Waals surface area contributed by atoms with E-state index in [9.17, 15) is 4.79 Å². The molecule has 2 rings (SSSR count). The fourth-order valence-corrected chi connectivity index (χ4v) is 2.94. The van der Waals surface area contributed by atoms with Crippen molar-refractivity contribution >= 4 is 39.2 Å². The molecular weight excluding hydrogens is 410 g/mol. The number of carbonyl (C=O) groups is 1. The lowest BCUT2D eigenvalue weighted by molar-refractivity contribution is 0.0697. The molecule has 134 valence electrons. The van der Waals surface area contributed by atoms with Crippen LogP contribution in [0.25, 0.3) is 0 Å². The molecule has 0 aromatic heterocycles. The summed E-state index contributed by atoms with van der Waals surface area (Å²) in [6.45, 7) is 4.41. The highest BCUT2D eigenvalue weighted by molar-refractivity contribution is 9.10. The molecular formula is C18H19BrClNO4. The summed E-state index contributed by atoms with van der Waals surface area (Å²) in [5.41, 5.74) is 1.76. The Morgan fingerprint density at radius 1 is 1.28 bits per heavy atom. The first-order chi connectivity index (χ1) is 11.8. The van der Waals surface area contributed by atoms with Gasteiger partial charge in [-0.15, -0.1) is 0 Å². The first-order valence-corrected chi connectivity index (χ1v) is 8.78. The van der Waals surface area contributed by atoms with Crippen molar-refractivity contribution < 1.29 is 19.4 Å². The third-order valence-corrected chi connectivity index (χ3v) is 4.43. The molecule has 0 amide bonds. The molecule has 0 fully saturated rings. The topological polar surface area (TPSA) is 67.8 Å². The summed E-state index contributed by atoms with van der Waals surface area (Å²) in [6, 6.07) is 8.50. The van der Waals surface area contributed by atoms with Crippen LogP contribution in [0.2, 0.25) is 5.02 Å². The lowest BCUT2D eigenvalue weighted by Crippen LogP contribution is -2.08. The summed E-state index contributed by atoms with van der Waals surface area (Å²) in [4.78, 5) is 11.0. The molecule has 0 atom stereocenters. The van der Waals surface area contributed by atoms with E-state index in [2.05, 4.69) is 21.2 Å². The molecule has 0 aliphatic heterocycles. The van der Waals surface area contributed by atoms with Crippen LogP contribution < -0.4 is 14.8 Å². The normalized spacial score (nSPS) is 10.6. The first kappa shape index (κ1) is 19.4. The van der Waals surface area contributed by atoms with Gasteiger partial charge in [0.15, 0.2) is 11.5 Å². The van der Waals surface area contributed by atoms with Crippen LogP contribution in [0, 0.1) is 0 Å².